The minimum atomic E-state index is -2.44. The van der Waals surface area contributed by atoms with Crippen LogP contribution in [-0.2, 0) is 9.47 Å². The molecule has 0 spiro atoms. The molecule has 1 amide bonds. The van der Waals surface area contributed by atoms with Crippen LogP contribution >= 0.6 is 0 Å². The standard InChI is InChI=1S/C11H20BF2NO3/c1-11(2,3)18-10(16)15-6-4-9(5-7-15)17-8-12(13)14/h9H,4-8H2,1-3H3. The van der Waals surface area contributed by atoms with Crippen LogP contribution in [0.3, 0.4) is 0 Å². The zero-order chi connectivity index (χ0) is 13.8. The summed E-state index contributed by atoms with van der Waals surface area (Å²) in [5.41, 5.74) is -0.514. The largest absolute Gasteiger partial charge is 0.563 e. The van der Waals surface area contributed by atoms with E-state index in [1.165, 1.54) is 0 Å². The maximum Gasteiger partial charge on any atom is 0.563 e. The molecule has 0 radical (unpaired) electrons. The fourth-order valence-electron chi connectivity index (χ4n) is 1.74. The maximum absolute atomic E-state index is 12.0. The molecule has 1 aliphatic heterocycles. The summed E-state index contributed by atoms with van der Waals surface area (Å²) >= 11 is 0. The van der Waals surface area contributed by atoms with Gasteiger partial charge >= 0.3 is 13.4 Å². The Bertz CT molecular complexity index is 276. The lowest BCUT2D eigenvalue weighted by atomic mass is 10.0. The first-order valence-corrected chi connectivity index (χ1v) is 6.15. The number of amides is 1. The summed E-state index contributed by atoms with van der Waals surface area (Å²) in [7, 11) is -2.44. The number of hydrogen-bond acceptors (Lipinski definition) is 3. The van der Waals surface area contributed by atoms with Crippen LogP contribution in [-0.4, -0.2) is 49.6 Å². The van der Waals surface area contributed by atoms with Crippen LogP contribution in [0.15, 0.2) is 0 Å². The molecule has 0 aromatic carbocycles. The van der Waals surface area contributed by atoms with Crippen LogP contribution in [0.2, 0.25) is 0 Å². The first-order chi connectivity index (χ1) is 8.28. The SMILES string of the molecule is CC(C)(C)OC(=O)N1CCC(OCB(F)F)CC1. The maximum atomic E-state index is 12.0. The molecule has 104 valence electrons. The predicted molar refractivity (Wildman–Crippen MR) is 64.8 cm³/mol. The number of carbonyl (C=O) groups is 1. The van der Waals surface area contributed by atoms with Crippen molar-refractivity contribution in [3.63, 3.8) is 0 Å². The molecule has 0 aromatic heterocycles. The Morgan fingerprint density at radius 1 is 1.33 bits per heavy atom. The number of rotatable bonds is 3. The first kappa shape index (κ1) is 15.2. The molecule has 7 heteroatoms. The number of carbonyl (C=O) groups excluding carboxylic acids is 1. The highest BCUT2D eigenvalue weighted by molar-refractivity contribution is 6.42. The van der Waals surface area contributed by atoms with Crippen LogP contribution in [0.25, 0.3) is 0 Å². The molecule has 1 rings (SSSR count). The summed E-state index contributed by atoms with van der Waals surface area (Å²) in [5, 5.41) is 0. The molecule has 1 heterocycles. The van der Waals surface area contributed by atoms with E-state index in [4.69, 9.17) is 9.47 Å². The van der Waals surface area contributed by atoms with Gasteiger partial charge in [-0.1, -0.05) is 0 Å². The Kier molecular flexibility index (Phi) is 5.37. The quantitative estimate of drug-likeness (QED) is 0.734. The van der Waals surface area contributed by atoms with Crippen LogP contribution in [0, 0.1) is 0 Å². The lowest BCUT2D eigenvalue weighted by Gasteiger charge is -2.33. The predicted octanol–water partition coefficient (Wildman–Crippen LogP) is 2.37. The Labute approximate surface area is 107 Å². The van der Waals surface area contributed by atoms with Crippen molar-refractivity contribution >= 4 is 13.4 Å². The van der Waals surface area contributed by atoms with Gasteiger partial charge in [-0.3, -0.25) is 8.63 Å². The summed E-state index contributed by atoms with van der Waals surface area (Å²) in [6.07, 6.45) is 0.616. The highest BCUT2D eigenvalue weighted by Crippen LogP contribution is 2.17. The number of piperidine rings is 1. The molecule has 0 saturated carbocycles. The van der Waals surface area contributed by atoms with Crippen molar-refractivity contribution < 1.29 is 22.9 Å². The Balaban J connectivity index is 2.28. The molecule has 4 nitrogen and oxygen atoms in total. The summed E-state index contributed by atoms with van der Waals surface area (Å²) in [4.78, 5) is 13.3. The van der Waals surface area contributed by atoms with Gasteiger partial charge < -0.3 is 14.4 Å². The molecule has 0 atom stereocenters. The number of nitrogens with zero attached hydrogens (tertiary/aromatic N) is 1. The van der Waals surface area contributed by atoms with E-state index in [0.717, 1.165) is 0 Å². The van der Waals surface area contributed by atoms with Crippen LogP contribution in [0.4, 0.5) is 13.4 Å². The molecular formula is C11H20BF2NO3. The Morgan fingerprint density at radius 2 is 1.89 bits per heavy atom. The fourth-order valence-corrected chi connectivity index (χ4v) is 1.74. The average molecular weight is 263 g/mol. The van der Waals surface area contributed by atoms with E-state index in [1.807, 2.05) is 20.8 Å². The van der Waals surface area contributed by atoms with Crippen molar-refractivity contribution in [2.45, 2.75) is 45.3 Å². The Hall–Kier alpha value is -0.845. The highest BCUT2D eigenvalue weighted by Gasteiger charge is 2.28. The molecule has 1 aliphatic rings. The molecule has 0 bridgehead atoms. The van der Waals surface area contributed by atoms with Gasteiger partial charge in [0.25, 0.3) is 0 Å². The van der Waals surface area contributed by atoms with Gasteiger partial charge in [0.1, 0.15) is 5.60 Å². The third kappa shape index (κ3) is 5.66. The minimum Gasteiger partial charge on any atom is -0.444 e. The lowest BCUT2D eigenvalue weighted by molar-refractivity contribution is -0.00359. The van der Waals surface area contributed by atoms with Crippen molar-refractivity contribution in [3.8, 4) is 0 Å². The van der Waals surface area contributed by atoms with E-state index in [2.05, 4.69) is 0 Å². The fraction of sp³-hybridized carbons (Fsp3) is 0.909. The van der Waals surface area contributed by atoms with Gasteiger partial charge in [-0.15, -0.1) is 0 Å². The molecule has 0 N–H and O–H groups in total. The topological polar surface area (TPSA) is 38.8 Å². The van der Waals surface area contributed by atoms with Crippen molar-refractivity contribution in [2.24, 2.45) is 0 Å². The van der Waals surface area contributed by atoms with Gasteiger partial charge in [0, 0.05) is 13.1 Å². The van der Waals surface area contributed by atoms with Gasteiger partial charge in [-0.25, -0.2) is 4.79 Å². The zero-order valence-electron chi connectivity index (χ0n) is 11.1. The second-order valence-electron chi connectivity index (χ2n) is 5.39. The molecule has 1 fully saturated rings. The summed E-state index contributed by atoms with van der Waals surface area (Å²) < 4.78 is 34.2. The van der Waals surface area contributed by atoms with Crippen LogP contribution < -0.4 is 0 Å². The summed E-state index contributed by atoms with van der Waals surface area (Å²) in [6, 6.07) is 0. The third-order valence-corrected chi connectivity index (χ3v) is 2.55. The van der Waals surface area contributed by atoms with Gasteiger partial charge in [-0.05, 0) is 33.6 Å². The highest BCUT2D eigenvalue weighted by atomic mass is 19.2. The normalized spacial score (nSPS) is 17.7. The molecule has 0 aliphatic carbocycles. The van der Waals surface area contributed by atoms with E-state index in [-0.39, 0.29) is 12.2 Å². The second kappa shape index (κ2) is 6.36. The molecular weight excluding hydrogens is 243 g/mol. The zero-order valence-corrected chi connectivity index (χ0v) is 11.1. The van der Waals surface area contributed by atoms with Gasteiger partial charge in [-0.2, -0.15) is 0 Å². The number of ether oxygens (including phenoxy) is 2. The minimum absolute atomic E-state index is 0.183. The molecule has 1 saturated heterocycles. The number of halogens is 2. The third-order valence-electron chi connectivity index (χ3n) is 2.55. The summed E-state index contributed by atoms with van der Waals surface area (Å²) in [6.45, 7) is 5.87. The van der Waals surface area contributed by atoms with Crippen molar-refractivity contribution in [3.05, 3.63) is 0 Å². The van der Waals surface area contributed by atoms with E-state index >= 15 is 0 Å². The summed E-state index contributed by atoms with van der Waals surface area (Å²) in [5.74, 6) is 0. The van der Waals surface area contributed by atoms with Gasteiger partial charge in [0.15, 0.2) is 0 Å². The van der Waals surface area contributed by atoms with Crippen molar-refractivity contribution in [1.82, 2.24) is 4.90 Å². The van der Waals surface area contributed by atoms with Gasteiger partial charge in [0.2, 0.25) is 0 Å². The smallest absolute Gasteiger partial charge is 0.444 e. The van der Waals surface area contributed by atoms with E-state index in [0.29, 0.717) is 25.9 Å². The molecule has 0 unspecified atom stereocenters. The van der Waals surface area contributed by atoms with E-state index in [9.17, 15) is 13.4 Å². The van der Waals surface area contributed by atoms with E-state index < -0.39 is 19.4 Å². The average Bonchev–Trinajstić information content (AvgIpc) is 2.24. The lowest BCUT2D eigenvalue weighted by Crippen LogP contribution is -2.43. The van der Waals surface area contributed by atoms with Crippen molar-refractivity contribution in [1.29, 1.82) is 0 Å². The number of hydrogen-bond donors (Lipinski definition) is 0. The van der Waals surface area contributed by atoms with Crippen LogP contribution in [0.1, 0.15) is 33.6 Å². The number of likely N-dealkylation sites (tertiary alicyclic amines) is 1. The Morgan fingerprint density at radius 3 is 2.33 bits per heavy atom. The van der Waals surface area contributed by atoms with Gasteiger partial charge in [0.05, 0.1) is 12.6 Å². The van der Waals surface area contributed by atoms with Crippen molar-refractivity contribution in [2.75, 3.05) is 19.6 Å². The molecule has 0 aromatic rings. The monoisotopic (exact) mass is 263 g/mol. The van der Waals surface area contributed by atoms with Crippen LogP contribution in [0.5, 0.6) is 0 Å². The molecule has 18 heavy (non-hydrogen) atoms. The first-order valence-electron chi connectivity index (χ1n) is 6.15. The van der Waals surface area contributed by atoms with E-state index in [1.54, 1.807) is 4.90 Å². The second-order valence-corrected chi connectivity index (χ2v) is 5.39.